The Morgan fingerprint density at radius 1 is 1.29 bits per heavy atom. The summed E-state index contributed by atoms with van der Waals surface area (Å²) >= 11 is 0. The van der Waals surface area contributed by atoms with Gasteiger partial charge in [-0.25, -0.2) is 0 Å². The van der Waals surface area contributed by atoms with Crippen LogP contribution in [-0.2, 0) is 9.59 Å². The summed E-state index contributed by atoms with van der Waals surface area (Å²) in [5.41, 5.74) is 0.315. The fourth-order valence-electron chi connectivity index (χ4n) is 1.96. The van der Waals surface area contributed by atoms with Crippen molar-refractivity contribution in [3.05, 3.63) is 12.2 Å². The van der Waals surface area contributed by atoms with E-state index in [9.17, 15) is 9.59 Å². The Morgan fingerprint density at radius 3 is 2.35 bits per heavy atom. The summed E-state index contributed by atoms with van der Waals surface area (Å²) in [7, 11) is 3.32. The van der Waals surface area contributed by atoms with Gasteiger partial charge in [-0.3, -0.25) is 9.59 Å². The summed E-state index contributed by atoms with van der Waals surface area (Å²) in [6.45, 7) is 2.89. The number of rotatable bonds is 5. The third-order valence-corrected chi connectivity index (χ3v) is 3.62. The second-order valence-corrected chi connectivity index (χ2v) is 4.99. The number of amides is 2. The number of carbonyl (C=O) groups excluding carboxylic acids is 2. The number of nitrogens with one attached hydrogen (secondary N) is 1. The van der Waals surface area contributed by atoms with Crippen LogP contribution in [0.15, 0.2) is 12.2 Å². The standard InChI is InChI=1S/C13H22N2O2/c1-4-13(8-5-9-13)10-14-11(16)6-7-12(17)15(2)3/h6-7H,4-5,8-10H2,1-3H3,(H,14,16)/b7-6+. The van der Waals surface area contributed by atoms with E-state index in [-0.39, 0.29) is 11.8 Å². The summed E-state index contributed by atoms with van der Waals surface area (Å²) in [6, 6.07) is 0. The van der Waals surface area contributed by atoms with Gasteiger partial charge in [0, 0.05) is 32.8 Å². The van der Waals surface area contributed by atoms with Crippen molar-refractivity contribution in [2.45, 2.75) is 32.6 Å². The van der Waals surface area contributed by atoms with E-state index in [2.05, 4.69) is 12.2 Å². The second kappa shape index (κ2) is 5.84. The van der Waals surface area contributed by atoms with Crippen molar-refractivity contribution >= 4 is 11.8 Å². The van der Waals surface area contributed by atoms with Gasteiger partial charge in [-0.15, -0.1) is 0 Å². The van der Waals surface area contributed by atoms with Gasteiger partial charge in [-0.2, -0.15) is 0 Å². The molecular weight excluding hydrogens is 216 g/mol. The van der Waals surface area contributed by atoms with E-state index >= 15 is 0 Å². The fraction of sp³-hybridized carbons (Fsp3) is 0.692. The molecule has 0 aliphatic heterocycles. The Hall–Kier alpha value is -1.32. The molecule has 0 aromatic carbocycles. The molecule has 0 heterocycles. The van der Waals surface area contributed by atoms with Gasteiger partial charge in [0.05, 0.1) is 0 Å². The van der Waals surface area contributed by atoms with Gasteiger partial charge in [0.1, 0.15) is 0 Å². The molecule has 1 saturated carbocycles. The van der Waals surface area contributed by atoms with Crippen LogP contribution in [-0.4, -0.2) is 37.4 Å². The lowest BCUT2D eigenvalue weighted by molar-refractivity contribution is -0.124. The van der Waals surface area contributed by atoms with Gasteiger partial charge in [0.2, 0.25) is 11.8 Å². The first-order chi connectivity index (χ1) is 7.99. The maximum atomic E-state index is 11.5. The summed E-state index contributed by atoms with van der Waals surface area (Å²) in [6.07, 6.45) is 7.37. The summed E-state index contributed by atoms with van der Waals surface area (Å²) < 4.78 is 0. The van der Waals surface area contributed by atoms with Crippen LogP contribution < -0.4 is 5.32 Å². The molecule has 0 aromatic heterocycles. The maximum absolute atomic E-state index is 11.5. The highest BCUT2D eigenvalue weighted by molar-refractivity contribution is 5.96. The molecular formula is C13H22N2O2. The first-order valence-corrected chi connectivity index (χ1v) is 6.16. The Kier molecular flexibility index (Phi) is 4.73. The van der Waals surface area contributed by atoms with E-state index in [0.717, 1.165) is 13.0 Å². The van der Waals surface area contributed by atoms with Crippen molar-refractivity contribution in [2.75, 3.05) is 20.6 Å². The Balaban J connectivity index is 2.32. The first kappa shape index (κ1) is 13.7. The van der Waals surface area contributed by atoms with Crippen LogP contribution in [0.4, 0.5) is 0 Å². The molecule has 0 spiro atoms. The molecule has 4 heteroatoms. The minimum absolute atomic E-state index is 0.172. The largest absolute Gasteiger partial charge is 0.352 e. The molecule has 1 aliphatic rings. The Labute approximate surface area is 103 Å². The zero-order valence-electron chi connectivity index (χ0n) is 11.0. The van der Waals surface area contributed by atoms with Crippen LogP contribution in [0.5, 0.6) is 0 Å². The minimum Gasteiger partial charge on any atom is -0.352 e. The summed E-state index contributed by atoms with van der Waals surface area (Å²) in [4.78, 5) is 24.2. The second-order valence-electron chi connectivity index (χ2n) is 4.99. The predicted octanol–water partition coefficient (Wildman–Crippen LogP) is 1.33. The van der Waals surface area contributed by atoms with Gasteiger partial charge >= 0.3 is 0 Å². The fourth-order valence-corrected chi connectivity index (χ4v) is 1.96. The molecule has 0 radical (unpaired) electrons. The van der Waals surface area contributed by atoms with E-state index in [1.807, 2.05) is 0 Å². The quantitative estimate of drug-likeness (QED) is 0.735. The molecule has 1 aliphatic carbocycles. The molecule has 2 amide bonds. The van der Waals surface area contributed by atoms with E-state index in [0.29, 0.717) is 5.41 Å². The molecule has 0 aromatic rings. The Bertz CT molecular complexity index is 312. The van der Waals surface area contributed by atoms with Crippen molar-refractivity contribution < 1.29 is 9.59 Å². The van der Waals surface area contributed by atoms with Crippen molar-refractivity contribution in [3.63, 3.8) is 0 Å². The molecule has 96 valence electrons. The lowest BCUT2D eigenvalue weighted by Gasteiger charge is -2.41. The highest BCUT2D eigenvalue weighted by Gasteiger charge is 2.34. The SMILES string of the molecule is CCC1(CNC(=O)/C=C/C(=O)N(C)C)CCC1. The molecule has 0 unspecified atom stereocenters. The predicted molar refractivity (Wildman–Crippen MR) is 67.4 cm³/mol. The molecule has 4 nitrogen and oxygen atoms in total. The van der Waals surface area contributed by atoms with E-state index in [1.165, 1.54) is 36.3 Å². The molecule has 1 fully saturated rings. The molecule has 0 bridgehead atoms. The molecule has 0 saturated heterocycles. The smallest absolute Gasteiger partial charge is 0.246 e. The third kappa shape index (κ3) is 3.88. The summed E-state index contributed by atoms with van der Waals surface area (Å²) in [5.74, 6) is -0.353. The zero-order valence-corrected chi connectivity index (χ0v) is 11.0. The monoisotopic (exact) mass is 238 g/mol. The third-order valence-electron chi connectivity index (χ3n) is 3.62. The average molecular weight is 238 g/mol. The number of hydrogen-bond donors (Lipinski definition) is 1. The number of likely N-dealkylation sites (N-methyl/N-ethyl adjacent to an activating group) is 1. The van der Waals surface area contributed by atoms with Crippen LogP contribution in [0, 0.1) is 5.41 Å². The van der Waals surface area contributed by atoms with Gasteiger partial charge in [-0.05, 0) is 24.7 Å². The zero-order chi connectivity index (χ0) is 12.9. The van der Waals surface area contributed by atoms with Gasteiger partial charge in [0.25, 0.3) is 0 Å². The van der Waals surface area contributed by atoms with Gasteiger partial charge < -0.3 is 10.2 Å². The van der Waals surface area contributed by atoms with Crippen molar-refractivity contribution in [2.24, 2.45) is 5.41 Å². The van der Waals surface area contributed by atoms with Crippen molar-refractivity contribution in [3.8, 4) is 0 Å². The van der Waals surface area contributed by atoms with Crippen molar-refractivity contribution in [1.29, 1.82) is 0 Å². The highest BCUT2D eigenvalue weighted by Crippen LogP contribution is 2.42. The van der Waals surface area contributed by atoms with E-state index in [4.69, 9.17) is 0 Å². The lowest BCUT2D eigenvalue weighted by Crippen LogP contribution is -2.41. The van der Waals surface area contributed by atoms with Crippen LogP contribution in [0.3, 0.4) is 0 Å². The van der Waals surface area contributed by atoms with Crippen LogP contribution >= 0.6 is 0 Å². The van der Waals surface area contributed by atoms with Crippen LogP contribution in [0.25, 0.3) is 0 Å². The van der Waals surface area contributed by atoms with Crippen molar-refractivity contribution in [1.82, 2.24) is 10.2 Å². The maximum Gasteiger partial charge on any atom is 0.246 e. The highest BCUT2D eigenvalue weighted by atomic mass is 16.2. The number of hydrogen-bond acceptors (Lipinski definition) is 2. The number of nitrogens with zero attached hydrogens (tertiary/aromatic N) is 1. The first-order valence-electron chi connectivity index (χ1n) is 6.16. The Morgan fingerprint density at radius 2 is 1.94 bits per heavy atom. The van der Waals surface area contributed by atoms with Gasteiger partial charge in [0.15, 0.2) is 0 Å². The molecule has 0 atom stereocenters. The van der Waals surface area contributed by atoms with Crippen LogP contribution in [0.2, 0.25) is 0 Å². The topological polar surface area (TPSA) is 49.4 Å². The van der Waals surface area contributed by atoms with E-state index in [1.54, 1.807) is 14.1 Å². The normalized spacial score (nSPS) is 17.6. The van der Waals surface area contributed by atoms with Gasteiger partial charge in [-0.1, -0.05) is 13.3 Å². The lowest BCUT2D eigenvalue weighted by atomic mass is 9.67. The molecule has 17 heavy (non-hydrogen) atoms. The van der Waals surface area contributed by atoms with Crippen LogP contribution in [0.1, 0.15) is 32.6 Å². The number of carbonyl (C=O) groups is 2. The summed E-state index contributed by atoms with van der Waals surface area (Å²) in [5, 5.41) is 2.87. The minimum atomic E-state index is -0.181. The van der Waals surface area contributed by atoms with E-state index < -0.39 is 0 Å². The molecule has 1 rings (SSSR count). The molecule has 1 N–H and O–H groups in total. The average Bonchev–Trinajstić information content (AvgIpc) is 2.24.